The number of benzene rings is 2. The minimum Gasteiger partial charge on any atom is -0.434 e. The predicted molar refractivity (Wildman–Crippen MR) is 70.6 cm³/mol. The van der Waals surface area contributed by atoms with E-state index in [0.717, 1.165) is 6.07 Å². The van der Waals surface area contributed by atoms with Gasteiger partial charge >= 0.3 is 6.61 Å². The Morgan fingerprint density at radius 2 is 1.85 bits per heavy atom. The standard InChI is InChI=1S/C14H8BrF3O2/c15-10-7-8(5-6-11(10)16)13(19)9-3-1-2-4-12(9)20-14(17)18/h1-7,14H. The molecule has 0 spiro atoms. The molecule has 6 heteroatoms. The molecule has 20 heavy (non-hydrogen) atoms. The first-order valence-corrected chi connectivity index (χ1v) is 6.32. The fourth-order valence-electron chi connectivity index (χ4n) is 1.65. The van der Waals surface area contributed by atoms with Gasteiger partial charge in [0, 0.05) is 5.56 Å². The van der Waals surface area contributed by atoms with Gasteiger partial charge in [-0.05, 0) is 46.3 Å². The average Bonchev–Trinajstić information content (AvgIpc) is 2.41. The number of carbonyl (C=O) groups is 1. The van der Waals surface area contributed by atoms with Crippen LogP contribution in [0.2, 0.25) is 0 Å². The Balaban J connectivity index is 2.40. The van der Waals surface area contributed by atoms with Crippen molar-refractivity contribution in [2.24, 2.45) is 0 Å². The molecule has 0 saturated heterocycles. The van der Waals surface area contributed by atoms with Crippen LogP contribution < -0.4 is 4.74 Å². The van der Waals surface area contributed by atoms with E-state index < -0.39 is 18.2 Å². The Labute approximate surface area is 121 Å². The smallest absolute Gasteiger partial charge is 0.387 e. The van der Waals surface area contributed by atoms with E-state index in [1.165, 1.54) is 36.4 Å². The topological polar surface area (TPSA) is 26.3 Å². The van der Waals surface area contributed by atoms with Crippen molar-refractivity contribution >= 4 is 21.7 Å². The number of para-hydroxylation sites is 1. The van der Waals surface area contributed by atoms with Crippen molar-refractivity contribution in [3.05, 3.63) is 63.9 Å². The zero-order valence-electron chi connectivity index (χ0n) is 9.95. The van der Waals surface area contributed by atoms with Gasteiger partial charge in [-0.15, -0.1) is 0 Å². The molecule has 2 nitrogen and oxygen atoms in total. The van der Waals surface area contributed by atoms with Crippen molar-refractivity contribution in [1.29, 1.82) is 0 Å². The minimum atomic E-state index is -3.02. The van der Waals surface area contributed by atoms with E-state index in [1.807, 2.05) is 0 Å². The van der Waals surface area contributed by atoms with Crippen molar-refractivity contribution < 1.29 is 22.7 Å². The van der Waals surface area contributed by atoms with Gasteiger partial charge in [0.2, 0.25) is 0 Å². The third-order valence-electron chi connectivity index (χ3n) is 2.53. The van der Waals surface area contributed by atoms with Crippen LogP contribution in [0.5, 0.6) is 5.75 Å². The lowest BCUT2D eigenvalue weighted by Gasteiger charge is -2.10. The second kappa shape index (κ2) is 6.09. The summed E-state index contributed by atoms with van der Waals surface area (Å²) in [5.74, 6) is -1.26. The van der Waals surface area contributed by atoms with Crippen LogP contribution >= 0.6 is 15.9 Å². The molecule has 2 aromatic carbocycles. The summed E-state index contributed by atoms with van der Waals surface area (Å²) >= 11 is 2.97. The van der Waals surface area contributed by atoms with Gasteiger partial charge in [0.1, 0.15) is 11.6 Å². The second-order valence-corrected chi connectivity index (χ2v) is 4.69. The molecule has 0 aliphatic rings. The fraction of sp³-hybridized carbons (Fsp3) is 0.0714. The zero-order valence-corrected chi connectivity index (χ0v) is 11.5. The molecule has 0 saturated carbocycles. The third-order valence-corrected chi connectivity index (χ3v) is 3.14. The highest BCUT2D eigenvalue weighted by atomic mass is 79.9. The normalized spacial score (nSPS) is 10.7. The van der Waals surface area contributed by atoms with E-state index in [-0.39, 0.29) is 21.3 Å². The highest BCUT2D eigenvalue weighted by Gasteiger charge is 2.17. The number of hydrogen-bond acceptors (Lipinski definition) is 2. The molecule has 0 amide bonds. The first-order chi connectivity index (χ1) is 9.49. The molecule has 0 fully saturated rings. The Kier molecular flexibility index (Phi) is 4.44. The molecule has 0 atom stereocenters. The Bertz CT molecular complexity index is 644. The lowest BCUT2D eigenvalue weighted by molar-refractivity contribution is -0.0501. The Hall–Kier alpha value is -1.82. The number of halogens is 4. The molecule has 0 heterocycles. The van der Waals surface area contributed by atoms with Gasteiger partial charge in [-0.3, -0.25) is 4.79 Å². The van der Waals surface area contributed by atoms with Crippen molar-refractivity contribution in [2.75, 3.05) is 0 Å². The molecule has 2 aromatic rings. The van der Waals surface area contributed by atoms with Crippen LogP contribution in [0.4, 0.5) is 13.2 Å². The summed E-state index contributed by atoms with van der Waals surface area (Å²) in [5.41, 5.74) is 0.162. The molecule has 0 radical (unpaired) electrons. The highest BCUT2D eigenvalue weighted by molar-refractivity contribution is 9.10. The molecular weight excluding hydrogens is 337 g/mol. The van der Waals surface area contributed by atoms with Gasteiger partial charge in [0.05, 0.1) is 10.0 Å². The van der Waals surface area contributed by atoms with Gasteiger partial charge in [-0.1, -0.05) is 12.1 Å². The quantitative estimate of drug-likeness (QED) is 0.767. The summed E-state index contributed by atoms with van der Waals surface area (Å²) in [4.78, 5) is 12.2. The maximum Gasteiger partial charge on any atom is 0.387 e. The van der Waals surface area contributed by atoms with Gasteiger partial charge in [0.15, 0.2) is 5.78 Å². The summed E-state index contributed by atoms with van der Waals surface area (Å²) in [5, 5.41) is 0. The van der Waals surface area contributed by atoms with Crippen LogP contribution in [-0.4, -0.2) is 12.4 Å². The first kappa shape index (κ1) is 14.6. The number of ketones is 1. The number of alkyl halides is 2. The van der Waals surface area contributed by atoms with E-state index in [9.17, 15) is 18.0 Å². The van der Waals surface area contributed by atoms with Crippen molar-refractivity contribution in [3.8, 4) is 5.75 Å². The van der Waals surface area contributed by atoms with Gasteiger partial charge in [-0.2, -0.15) is 8.78 Å². The van der Waals surface area contributed by atoms with E-state index >= 15 is 0 Å². The molecule has 0 unspecified atom stereocenters. The SMILES string of the molecule is O=C(c1ccc(F)c(Br)c1)c1ccccc1OC(F)F. The summed E-state index contributed by atoms with van der Waals surface area (Å²) in [6.45, 7) is -3.02. The van der Waals surface area contributed by atoms with Crippen LogP contribution in [0.25, 0.3) is 0 Å². The van der Waals surface area contributed by atoms with Gasteiger partial charge in [-0.25, -0.2) is 4.39 Å². The van der Waals surface area contributed by atoms with E-state index in [4.69, 9.17) is 0 Å². The van der Waals surface area contributed by atoms with Gasteiger partial charge < -0.3 is 4.74 Å². The first-order valence-electron chi connectivity index (χ1n) is 5.52. The van der Waals surface area contributed by atoms with E-state index in [0.29, 0.717) is 0 Å². The van der Waals surface area contributed by atoms with Crippen molar-refractivity contribution in [3.63, 3.8) is 0 Å². The molecule has 0 N–H and O–H groups in total. The number of ether oxygens (including phenoxy) is 1. The summed E-state index contributed by atoms with van der Waals surface area (Å²) in [6.07, 6.45) is 0. The van der Waals surface area contributed by atoms with E-state index in [1.54, 1.807) is 0 Å². The van der Waals surface area contributed by atoms with E-state index in [2.05, 4.69) is 20.7 Å². The van der Waals surface area contributed by atoms with Crippen LogP contribution in [0.3, 0.4) is 0 Å². The average molecular weight is 345 g/mol. The third kappa shape index (κ3) is 3.19. The molecule has 0 bridgehead atoms. The van der Waals surface area contributed by atoms with Gasteiger partial charge in [0.25, 0.3) is 0 Å². The lowest BCUT2D eigenvalue weighted by atomic mass is 10.0. The summed E-state index contributed by atoms with van der Waals surface area (Å²) in [6, 6.07) is 9.35. The monoisotopic (exact) mass is 344 g/mol. The Morgan fingerprint density at radius 3 is 2.50 bits per heavy atom. The zero-order chi connectivity index (χ0) is 14.7. The van der Waals surface area contributed by atoms with Crippen molar-refractivity contribution in [1.82, 2.24) is 0 Å². The maximum atomic E-state index is 13.1. The lowest BCUT2D eigenvalue weighted by Crippen LogP contribution is -2.09. The molecule has 104 valence electrons. The molecule has 0 aromatic heterocycles. The molecule has 2 rings (SSSR count). The summed E-state index contributed by atoms with van der Waals surface area (Å²) in [7, 11) is 0. The maximum absolute atomic E-state index is 13.1. The largest absolute Gasteiger partial charge is 0.434 e. The number of carbonyl (C=O) groups excluding carboxylic acids is 1. The predicted octanol–water partition coefficient (Wildman–Crippen LogP) is 4.42. The van der Waals surface area contributed by atoms with Crippen molar-refractivity contribution in [2.45, 2.75) is 6.61 Å². The number of hydrogen-bond donors (Lipinski definition) is 0. The second-order valence-electron chi connectivity index (χ2n) is 3.83. The van der Waals surface area contributed by atoms with Crippen LogP contribution in [0.15, 0.2) is 46.9 Å². The number of rotatable bonds is 4. The highest BCUT2D eigenvalue weighted by Crippen LogP contribution is 2.25. The van der Waals surface area contributed by atoms with Crippen LogP contribution in [0, 0.1) is 5.82 Å². The molecular formula is C14H8BrF3O2. The minimum absolute atomic E-state index is 0.00805. The summed E-state index contributed by atoms with van der Waals surface area (Å²) < 4.78 is 42.1. The fourth-order valence-corrected chi connectivity index (χ4v) is 2.02. The molecule has 0 aliphatic heterocycles. The Morgan fingerprint density at radius 1 is 1.15 bits per heavy atom. The van der Waals surface area contributed by atoms with Crippen LogP contribution in [-0.2, 0) is 0 Å². The molecule has 0 aliphatic carbocycles. The van der Waals surface area contributed by atoms with Crippen LogP contribution in [0.1, 0.15) is 15.9 Å².